The Morgan fingerprint density at radius 1 is 0.892 bits per heavy atom. The van der Waals surface area contributed by atoms with Gasteiger partial charge in [0.25, 0.3) is 0 Å². The van der Waals surface area contributed by atoms with Crippen LogP contribution in [0.3, 0.4) is 0 Å². The smallest absolute Gasteiger partial charge is 0.316 e. The summed E-state index contributed by atoms with van der Waals surface area (Å²) in [5.74, 6) is -0.0390. The third-order valence-electron chi connectivity index (χ3n) is 9.08. The number of aryl methyl sites for hydroxylation is 2. The summed E-state index contributed by atoms with van der Waals surface area (Å²) in [7, 11) is 0. The molecule has 0 unspecified atom stereocenters. The van der Waals surface area contributed by atoms with E-state index in [0.29, 0.717) is 23.3 Å². The van der Waals surface area contributed by atoms with E-state index in [9.17, 15) is 19.2 Å². The molecular formula is C30H28N2O5. The predicted molar refractivity (Wildman–Crippen MR) is 136 cm³/mol. The summed E-state index contributed by atoms with van der Waals surface area (Å²) in [4.78, 5) is 55.1. The Labute approximate surface area is 215 Å². The second-order valence-electron chi connectivity index (χ2n) is 11.3. The van der Waals surface area contributed by atoms with Crippen molar-refractivity contribution in [3.8, 4) is 5.75 Å². The summed E-state index contributed by atoms with van der Waals surface area (Å²) in [6.07, 6.45) is 5.55. The first-order valence-corrected chi connectivity index (χ1v) is 13.1. The van der Waals surface area contributed by atoms with Gasteiger partial charge in [-0.3, -0.25) is 24.1 Å². The number of allylic oxidation sites excluding steroid dienone is 2. The van der Waals surface area contributed by atoms with Crippen molar-refractivity contribution < 1.29 is 23.9 Å². The molecule has 0 aromatic heterocycles. The zero-order valence-corrected chi connectivity index (χ0v) is 20.8. The number of amides is 3. The Morgan fingerprint density at radius 3 is 2.16 bits per heavy atom. The highest BCUT2D eigenvalue weighted by Gasteiger charge is 2.67. The minimum Gasteiger partial charge on any atom is -0.426 e. The molecule has 6 aliphatic rings. The maximum absolute atomic E-state index is 13.3. The van der Waals surface area contributed by atoms with Gasteiger partial charge in [0.05, 0.1) is 23.4 Å². The normalized spacial score (nSPS) is 33.1. The van der Waals surface area contributed by atoms with Crippen LogP contribution >= 0.6 is 0 Å². The van der Waals surface area contributed by atoms with E-state index >= 15 is 0 Å². The molecule has 0 radical (unpaired) electrons. The Balaban J connectivity index is 1.04. The fourth-order valence-electron chi connectivity index (χ4n) is 7.28. The summed E-state index contributed by atoms with van der Waals surface area (Å²) >= 11 is 0. The van der Waals surface area contributed by atoms with E-state index in [1.807, 2.05) is 32.0 Å². The van der Waals surface area contributed by atoms with Crippen LogP contribution in [0, 0.1) is 55.3 Å². The van der Waals surface area contributed by atoms with Gasteiger partial charge in [0.1, 0.15) is 5.75 Å². The fraction of sp³-hybridized carbons (Fsp3) is 0.400. The first kappa shape index (κ1) is 22.5. The van der Waals surface area contributed by atoms with E-state index in [0.717, 1.165) is 23.2 Å². The second-order valence-corrected chi connectivity index (χ2v) is 11.3. The van der Waals surface area contributed by atoms with Gasteiger partial charge in [0.15, 0.2) is 0 Å². The number of carbonyl (C=O) groups is 4. The molecule has 3 amide bonds. The van der Waals surface area contributed by atoms with Crippen LogP contribution in [0.1, 0.15) is 24.0 Å². The second kappa shape index (κ2) is 7.88. The molecule has 188 valence electrons. The molecule has 4 aliphatic carbocycles. The highest BCUT2D eigenvalue weighted by molar-refractivity contribution is 6.22. The molecule has 2 aromatic rings. The van der Waals surface area contributed by atoms with Crippen molar-refractivity contribution in [2.24, 2.45) is 41.4 Å². The molecule has 2 aromatic carbocycles. The van der Waals surface area contributed by atoms with Gasteiger partial charge in [-0.25, -0.2) is 0 Å². The number of rotatable bonds is 4. The Hall–Kier alpha value is -3.74. The van der Waals surface area contributed by atoms with Crippen LogP contribution < -0.4 is 14.5 Å². The Bertz CT molecular complexity index is 1360. The number of imide groups is 1. The van der Waals surface area contributed by atoms with Crippen LogP contribution in [-0.2, 0) is 19.2 Å². The zero-order valence-electron chi connectivity index (χ0n) is 20.8. The number of esters is 1. The van der Waals surface area contributed by atoms with E-state index in [2.05, 4.69) is 12.2 Å². The number of benzene rings is 2. The van der Waals surface area contributed by atoms with Crippen LogP contribution in [0.25, 0.3) is 0 Å². The fourth-order valence-corrected chi connectivity index (χ4v) is 7.28. The number of ether oxygens (including phenoxy) is 1. The summed E-state index contributed by atoms with van der Waals surface area (Å²) in [5, 5.41) is 0. The van der Waals surface area contributed by atoms with Gasteiger partial charge in [-0.05, 0) is 79.8 Å². The standard InChI is InChI=1S/C30H28N2O5/c1-15-3-10-24(16(2)11-15)31-14-17(12-25(31)33)30(36)37-19-6-4-18(5-7-19)32-28(34)26-20-8-9-21(23-13-22(20)23)27(26)29(32)35/h3-11,17,20-23,26-27H,12-14H2,1-2H3/t17-,20+,21+,22+,23+,26-,27+/m1/s1. The van der Waals surface area contributed by atoms with Gasteiger partial charge in [0, 0.05) is 18.7 Å². The Kier molecular flexibility index (Phi) is 4.78. The third kappa shape index (κ3) is 3.32. The molecule has 7 nitrogen and oxygen atoms in total. The van der Waals surface area contributed by atoms with E-state index in [1.54, 1.807) is 29.2 Å². The molecule has 7 heteroatoms. The van der Waals surface area contributed by atoms with Crippen LogP contribution in [0.5, 0.6) is 5.75 Å². The van der Waals surface area contributed by atoms with Gasteiger partial charge < -0.3 is 9.64 Å². The summed E-state index contributed by atoms with van der Waals surface area (Å²) in [6, 6.07) is 12.4. The molecule has 2 bridgehead atoms. The molecule has 2 heterocycles. The highest BCUT2D eigenvalue weighted by atomic mass is 16.5. The topological polar surface area (TPSA) is 84.0 Å². The molecule has 2 saturated carbocycles. The lowest BCUT2D eigenvalue weighted by atomic mass is 9.63. The number of hydrogen-bond acceptors (Lipinski definition) is 5. The van der Waals surface area contributed by atoms with Crippen molar-refractivity contribution in [1.29, 1.82) is 0 Å². The lowest BCUT2D eigenvalue weighted by Crippen LogP contribution is -2.40. The SMILES string of the molecule is Cc1ccc(N2C[C@H](C(=O)Oc3ccc(N4C(=O)[C@@H]5[C@H]6C=C[C@@H]([C@@H]7C[C@@H]67)[C@@H]5C4=O)cc3)CC2=O)c(C)c1. The van der Waals surface area contributed by atoms with Crippen LogP contribution in [-0.4, -0.2) is 30.2 Å². The van der Waals surface area contributed by atoms with Crippen molar-refractivity contribution in [2.45, 2.75) is 26.7 Å². The first-order valence-electron chi connectivity index (χ1n) is 13.1. The molecule has 7 atom stereocenters. The molecule has 0 N–H and O–H groups in total. The summed E-state index contributed by atoms with van der Waals surface area (Å²) in [5.41, 5.74) is 3.43. The van der Waals surface area contributed by atoms with Gasteiger partial charge in [0.2, 0.25) is 17.7 Å². The minimum absolute atomic E-state index is 0.0992. The average molecular weight is 497 g/mol. The van der Waals surface area contributed by atoms with Crippen molar-refractivity contribution in [1.82, 2.24) is 0 Å². The van der Waals surface area contributed by atoms with Crippen molar-refractivity contribution in [3.63, 3.8) is 0 Å². The van der Waals surface area contributed by atoms with Crippen molar-refractivity contribution in [2.75, 3.05) is 16.3 Å². The zero-order chi connectivity index (χ0) is 25.6. The van der Waals surface area contributed by atoms with Gasteiger partial charge in [-0.1, -0.05) is 29.8 Å². The van der Waals surface area contributed by atoms with Gasteiger partial charge in [-0.15, -0.1) is 0 Å². The van der Waals surface area contributed by atoms with Crippen molar-refractivity contribution in [3.05, 3.63) is 65.7 Å². The number of nitrogens with zero attached hydrogens (tertiary/aromatic N) is 2. The molecule has 37 heavy (non-hydrogen) atoms. The molecule has 2 aliphatic heterocycles. The third-order valence-corrected chi connectivity index (χ3v) is 9.08. The maximum Gasteiger partial charge on any atom is 0.316 e. The molecule has 2 saturated heterocycles. The van der Waals surface area contributed by atoms with Crippen LogP contribution in [0.2, 0.25) is 0 Å². The number of hydrogen-bond donors (Lipinski definition) is 0. The summed E-state index contributed by atoms with van der Waals surface area (Å²) in [6.45, 7) is 4.23. The van der Waals surface area contributed by atoms with E-state index < -0.39 is 11.9 Å². The molecular weight excluding hydrogens is 468 g/mol. The minimum atomic E-state index is -0.563. The number of carbonyl (C=O) groups excluding carboxylic acids is 4. The monoisotopic (exact) mass is 496 g/mol. The summed E-state index contributed by atoms with van der Waals surface area (Å²) < 4.78 is 5.59. The maximum atomic E-state index is 13.3. The average Bonchev–Trinajstić information content (AvgIpc) is 3.56. The van der Waals surface area contributed by atoms with Gasteiger partial charge >= 0.3 is 5.97 Å². The highest BCUT2D eigenvalue weighted by Crippen LogP contribution is 2.65. The van der Waals surface area contributed by atoms with Crippen LogP contribution in [0.15, 0.2) is 54.6 Å². The lowest BCUT2D eigenvalue weighted by molar-refractivity contribution is -0.139. The molecule has 8 rings (SSSR count). The molecule has 4 fully saturated rings. The lowest BCUT2D eigenvalue weighted by Gasteiger charge is -2.37. The van der Waals surface area contributed by atoms with Crippen molar-refractivity contribution >= 4 is 35.1 Å². The van der Waals surface area contributed by atoms with E-state index in [1.165, 1.54) is 4.90 Å². The number of anilines is 2. The van der Waals surface area contributed by atoms with E-state index in [-0.39, 0.29) is 54.4 Å². The quantitative estimate of drug-likeness (QED) is 0.278. The molecule has 0 spiro atoms. The van der Waals surface area contributed by atoms with E-state index in [4.69, 9.17) is 4.74 Å². The first-order chi connectivity index (χ1) is 17.8. The van der Waals surface area contributed by atoms with Crippen LogP contribution in [0.4, 0.5) is 11.4 Å². The predicted octanol–water partition coefficient (Wildman–Crippen LogP) is 3.82. The Morgan fingerprint density at radius 2 is 1.54 bits per heavy atom. The largest absolute Gasteiger partial charge is 0.426 e. The van der Waals surface area contributed by atoms with Gasteiger partial charge in [-0.2, -0.15) is 0 Å².